The summed E-state index contributed by atoms with van der Waals surface area (Å²) in [7, 11) is 1.61. The van der Waals surface area contributed by atoms with E-state index in [1.165, 1.54) is 22.9 Å². The number of hydrogen-bond acceptors (Lipinski definition) is 3. The Morgan fingerprint density at radius 2 is 1.73 bits per heavy atom. The van der Waals surface area contributed by atoms with Gasteiger partial charge in [0.1, 0.15) is 5.69 Å². The highest BCUT2D eigenvalue weighted by molar-refractivity contribution is 5.93. The average molecular weight is 305 g/mol. The molecular formula is C15H10F3N3O. The summed E-state index contributed by atoms with van der Waals surface area (Å²) in [4.78, 5) is 12.0. The number of pyridine rings is 1. The van der Waals surface area contributed by atoms with Crippen LogP contribution in [0.15, 0.2) is 47.5 Å². The summed E-state index contributed by atoms with van der Waals surface area (Å²) in [6, 6.07) is 6.31. The van der Waals surface area contributed by atoms with Crippen LogP contribution < -0.4 is 5.56 Å². The Bertz CT molecular complexity index is 899. The minimum Gasteiger partial charge on any atom is -0.318 e. The summed E-state index contributed by atoms with van der Waals surface area (Å²) in [6.07, 6.45) is -1.45. The molecule has 4 nitrogen and oxygen atoms in total. The highest BCUT2D eigenvalue weighted by Gasteiger charge is 2.30. The van der Waals surface area contributed by atoms with Crippen molar-refractivity contribution in [3.63, 3.8) is 0 Å². The Morgan fingerprint density at radius 3 is 2.36 bits per heavy atom. The Balaban J connectivity index is 2.19. The Hall–Kier alpha value is -2.70. The van der Waals surface area contributed by atoms with E-state index in [1.807, 2.05) is 0 Å². The van der Waals surface area contributed by atoms with Gasteiger partial charge < -0.3 is 4.57 Å². The standard InChI is InChI=1S/C15H10F3N3O/c1-21-7-6-11-12(14(21)22)8-19-20-13(11)9-2-4-10(5-3-9)15(16,17)18/h2-8H,1H3. The van der Waals surface area contributed by atoms with Crippen LogP contribution in [0.5, 0.6) is 0 Å². The van der Waals surface area contributed by atoms with E-state index in [2.05, 4.69) is 10.2 Å². The summed E-state index contributed by atoms with van der Waals surface area (Å²) in [5.41, 5.74) is -0.121. The van der Waals surface area contributed by atoms with Gasteiger partial charge in [-0.05, 0) is 18.2 Å². The van der Waals surface area contributed by atoms with Gasteiger partial charge in [0.05, 0.1) is 17.1 Å². The van der Waals surface area contributed by atoms with Crippen molar-refractivity contribution in [3.05, 3.63) is 58.6 Å². The topological polar surface area (TPSA) is 47.8 Å². The highest BCUT2D eigenvalue weighted by atomic mass is 19.4. The number of nitrogens with zero attached hydrogens (tertiary/aromatic N) is 3. The number of aryl methyl sites for hydroxylation is 1. The molecule has 0 atom stereocenters. The van der Waals surface area contributed by atoms with E-state index in [0.717, 1.165) is 12.1 Å². The first-order valence-electron chi connectivity index (χ1n) is 6.36. The minimum absolute atomic E-state index is 0.236. The van der Waals surface area contributed by atoms with E-state index >= 15 is 0 Å². The van der Waals surface area contributed by atoms with Gasteiger partial charge in [-0.3, -0.25) is 4.79 Å². The zero-order valence-corrected chi connectivity index (χ0v) is 11.4. The van der Waals surface area contributed by atoms with Crippen LogP contribution in [0.25, 0.3) is 22.0 Å². The number of halogens is 3. The van der Waals surface area contributed by atoms with Crippen LogP contribution in [0.4, 0.5) is 13.2 Å². The Morgan fingerprint density at radius 1 is 1.05 bits per heavy atom. The summed E-state index contributed by atoms with van der Waals surface area (Å²) < 4.78 is 39.2. The normalized spacial score (nSPS) is 11.8. The molecule has 2 aromatic heterocycles. The predicted octanol–water partition coefficient (Wildman–Crippen LogP) is 3.01. The lowest BCUT2D eigenvalue weighted by Gasteiger charge is -2.09. The summed E-state index contributed by atoms with van der Waals surface area (Å²) in [5.74, 6) is 0. The number of fused-ring (bicyclic) bond motifs is 1. The third kappa shape index (κ3) is 2.34. The largest absolute Gasteiger partial charge is 0.416 e. The van der Waals surface area contributed by atoms with Crippen molar-refractivity contribution >= 4 is 10.8 Å². The van der Waals surface area contributed by atoms with Crippen LogP contribution in [-0.2, 0) is 13.2 Å². The summed E-state index contributed by atoms with van der Waals surface area (Å²) in [5, 5.41) is 8.66. The van der Waals surface area contributed by atoms with Crippen LogP contribution in [0.3, 0.4) is 0 Å². The fourth-order valence-electron chi connectivity index (χ4n) is 2.21. The molecule has 0 unspecified atom stereocenters. The zero-order chi connectivity index (χ0) is 15.9. The number of rotatable bonds is 1. The molecule has 0 aliphatic rings. The van der Waals surface area contributed by atoms with Crippen LogP contribution in [0, 0.1) is 0 Å². The van der Waals surface area contributed by atoms with Crippen molar-refractivity contribution in [1.82, 2.24) is 14.8 Å². The molecule has 1 aromatic carbocycles. The van der Waals surface area contributed by atoms with Crippen molar-refractivity contribution in [3.8, 4) is 11.3 Å². The van der Waals surface area contributed by atoms with E-state index in [9.17, 15) is 18.0 Å². The molecule has 0 saturated heterocycles. The molecule has 3 aromatic rings. The smallest absolute Gasteiger partial charge is 0.318 e. The van der Waals surface area contributed by atoms with E-state index in [0.29, 0.717) is 22.0 Å². The Labute approximate surface area is 122 Å². The fourth-order valence-corrected chi connectivity index (χ4v) is 2.21. The molecule has 112 valence electrons. The number of alkyl halides is 3. The predicted molar refractivity (Wildman–Crippen MR) is 75.2 cm³/mol. The molecular weight excluding hydrogens is 295 g/mol. The van der Waals surface area contributed by atoms with E-state index in [4.69, 9.17) is 0 Å². The highest BCUT2D eigenvalue weighted by Crippen LogP contribution is 2.31. The molecule has 3 rings (SSSR count). The zero-order valence-electron chi connectivity index (χ0n) is 11.4. The molecule has 22 heavy (non-hydrogen) atoms. The number of hydrogen-bond donors (Lipinski definition) is 0. The quantitative estimate of drug-likeness (QED) is 0.694. The van der Waals surface area contributed by atoms with E-state index in [-0.39, 0.29) is 5.56 Å². The van der Waals surface area contributed by atoms with E-state index < -0.39 is 11.7 Å². The van der Waals surface area contributed by atoms with Crippen molar-refractivity contribution < 1.29 is 13.2 Å². The van der Waals surface area contributed by atoms with Crippen LogP contribution in [-0.4, -0.2) is 14.8 Å². The maximum absolute atomic E-state index is 12.6. The third-order valence-electron chi connectivity index (χ3n) is 3.39. The lowest BCUT2D eigenvalue weighted by atomic mass is 10.0. The first kappa shape index (κ1) is 14.2. The van der Waals surface area contributed by atoms with Gasteiger partial charge in [-0.1, -0.05) is 12.1 Å². The fraction of sp³-hybridized carbons (Fsp3) is 0.133. The lowest BCUT2D eigenvalue weighted by molar-refractivity contribution is -0.137. The summed E-state index contributed by atoms with van der Waals surface area (Å²) in [6.45, 7) is 0. The SMILES string of the molecule is Cn1ccc2c(-c3ccc(C(F)(F)F)cc3)nncc2c1=O. The van der Waals surface area contributed by atoms with Crippen molar-refractivity contribution in [2.24, 2.45) is 7.05 Å². The van der Waals surface area contributed by atoms with Gasteiger partial charge in [0.15, 0.2) is 0 Å². The maximum Gasteiger partial charge on any atom is 0.416 e. The van der Waals surface area contributed by atoms with E-state index in [1.54, 1.807) is 19.3 Å². The second-order valence-corrected chi connectivity index (χ2v) is 4.83. The summed E-state index contributed by atoms with van der Waals surface area (Å²) >= 11 is 0. The van der Waals surface area contributed by atoms with Gasteiger partial charge in [0.25, 0.3) is 5.56 Å². The van der Waals surface area contributed by atoms with Crippen LogP contribution >= 0.6 is 0 Å². The Kier molecular flexibility index (Phi) is 3.20. The molecule has 0 amide bonds. The van der Waals surface area contributed by atoms with Crippen molar-refractivity contribution in [2.75, 3.05) is 0 Å². The van der Waals surface area contributed by atoms with Gasteiger partial charge in [-0.25, -0.2) is 0 Å². The van der Waals surface area contributed by atoms with Crippen molar-refractivity contribution in [1.29, 1.82) is 0 Å². The first-order chi connectivity index (χ1) is 10.4. The molecule has 0 spiro atoms. The second kappa shape index (κ2) is 4.94. The van der Waals surface area contributed by atoms with Crippen LogP contribution in [0.1, 0.15) is 5.56 Å². The third-order valence-corrected chi connectivity index (χ3v) is 3.39. The van der Waals surface area contributed by atoms with Gasteiger partial charge in [-0.2, -0.15) is 18.3 Å². The monoisotopic (exact) mass is 305 g/mol. The molecule has 0 fully saturated rings. The van der Waals surface area contributed by atoms with Gasteiger partial charge >= 0.3 is 6.18 Å². The second-order valence-electron chi connectivity index (χ2n) is 4.83. The molecule has 0 N–H and O–H groups in total. The van der Waals surface area contributed by atoms with Gasteiger partial charge in [0.2, 0.25) is 0 Å². The molecule has 0 radical (unpaired) electrons. The number of aromatic nitrogens is 3. The maximum atomic E-state index is 12.6. The molecule has 0 saturated carbocycles. The van der Waals surface area contributed by atoms with Gasteiger partial charge in [-0.15, -0.1) is 5.10 Å². The number of benzene rings is 1. The molecule has 2 heterocycles. The molecule has 0 bridgehead atoms. The van der Waals surface area contributed by atoms with Crippen molar-refractivity contribution in [2.45, 2.75) is 6.18 Å². The van der Waals surface area contributed by atoms with Gasteiger partial charge in [0, 0.05) is 24.2 Å². The van der Waals surface area contributed by atoms with Crippen LogP contribution in [0.2, 0.25) is 0 Å². The first-order valence-corrected chi connectivity index (χ1v) is 6.36. The lowest BCUT2D eigenvalue weighted by Crippen LogP contribution is -2.16. The minimum atomic E-state index is -4.39. The molecule has 7 heteroatoms. The molecule has 0 aliphatic carbocycles. The molecule has 0 aliphatic heterocycles. The average Bonchev–Trinajstić information content (AvgIpc) is 2.50.